The molecule has 0 bridgehead atoms. The number of hydrogen-bond acceptors (Lipinski definition) is 8. The van der Waals surface area contributed by atoms with Crippen LogP contribution in [0.3, 0.4) is 0 Å². The summed E-state index contributed by atoms with van der Waals surface area (Å²) in [5, 5.41) is 1.02. The molecule has 4 aromatic carbocycles. The average molecular weight is 787 g/mol. The highest BCUT2D eigenvalue weighted by Gasteiger charge is 2.08. The van der Waals surface area contributed by atoms with Gasteiger partial charge in [-0.15, -0.1) is 0 Å². The normalized spacial score (nSPS) is 9.25. The average Bonchev–Trinajstić information content (AvgIpc) is 2.97. The standard InChI is InChI=1S/C8H5BrFNO.C8H5Cl2NO.C8H5ClFNO.C8H5F2NO/c1-5-2-6(10)3-7(9)8(5)11-4-12;1-5-2-6(9)3-7(10)8(5)11-4-12;1-5-2-6(10)3-7(9)8(5)11-4-12;1-5-2-6(9)3-7(10)8(5)11-4-12/h4*2-3H,1H3. The summed E-state index contributed by atoms with van der Waals surface area (Å²) in [6.07, 6.45) is 5.39. The fourth-order valence-electron chi connectivity index (χ4n) is 3.53. The molecule has 0 unspecified atom stereocenters. The molecule has 0 fully saturated rings. The first-order chi connectivity index (χ1) is 22.6. The van der Waals surface area contributed by atoms with Gasteiger partial charge in [0.2, 0.25) is 24.3 Å². The molecule has 48 heavy (non-hydrogen) atoms. The smallest absolute Gasteiger partial charge is 0.211 e. The fraction of sp³-hybridized carbons (Fsp3) is 0.125. The van der Waals surface area contributed by atoms with Crippen LogP contribution in [0.25, 0.3) is 0 Å². The van der Waals surface area contributed by atoms with Gasteiger partial charge in [0, 0.05) is 15.6 Å². The number of aryl methyl sites for hydroxylation is 4. The van der Waals surface area contributed by atoms with E-state index in [4.69, 9.17) is 34.8 Å². The molecule has 0 aliphatic rings. The molecule has 4 aromatic rings. The molecule has 0 saturated carbocycles. The van der Waals surface area contributed by atoms with Crippen LogP contribution in [0.2, 0.25) is 15.1 Å². The van der Waals surface area contributed by atoms with Crippen molar-refractivity contribution in [3.63, 3.8) is 0 Å². The second kappa shape index (κ2) is 20.7. The molecule has 16 heteroatoms. The summed E-state index contributed by atoms with van der Waals surface area (Å²) < 4.78 is 51.0. The predicted octanol–water partition coefficient (Wildman–Crippen LogP) is 11.1. The summed E-state index contributed by atoms with van der Waals surface area (Å²) in [7, 11) is 0. The quantitative estimate of drug-likeness (QED) is 0.116. The van der Waals surface area contributed by atoms with Gasteiger partial charge >= 0.3 is 0 Å². The number of halogens is 8. The van der Waals surface area contributed by atoms with Crippen LogP contribution in [-0.4, -0.2) is 24.3 Å². The Balaban J connectivity index is 0.000000320. The molecular weight excluding hydrogens is 767 g/mol. The van der Waals surface area contributed by atoms with Gasteiger partial charge in [-0.25, -0.2) is 36.7 Å². The minimum atomic E-state index is -0.851. The van der Waals surface area contributed by atoms with Gasteiger partial charge in [0.15, 0.2) is 5.82 Å². The third-order valence-electron chi connectivity index (χ3n) is 5.50. The maximum absolute atomic E-state index is 12.8. The van der Waals surface area contributed by atoms with Crippen LogP contribution in [-0.2, 0) is 19.2 Å². The van der Waals surface area contributed by atoms with Gasteiger partial charge < -0.3 is 0 Å². The monoisotopic (exact) mass is 784 g/mol. The van der Waals surface area contributed by atoms with Crippen LogP contribution in [0.4, 0.5) is 40.3 Å². The van der Waals surface area contributed by atoms with Crippen molar-refractivity contribution in [3.8, 4) is 0 Å². The Hall–Kier alpha value is -4.53. The second-order valence-corrected chi connectivity index (χ2v) is 11.1. The van der Waals surface area contributed by atoms with Crippen LogP contribution in [0.1, 0.15) is 22.3 Å². The molecule has 4 rings (SSSR count). The SMILES string of the molecule is Cc1cc(Cl)cc(Cl)c1N=C=O.Cc1cc(F)cc(Br)c1N=C=O.Cc1cc(F)cc(Cl)c1N=C=O.Cc1cc(F)cc(F)c1N=C=O. The zero-order chi connectivity index (χ0) is 36.6. The fourth-order valence-corrected chi connectivity index (χ4v) is 5.08. The molecule has 8 nitrogen and oxygen atoms in total. The van der Waals surface area contributed by atoms with Crippen molar-refractivity contribution in [1.29, 1.82) is 0 Å². The van der Waals surface area contributed by atoms with Crippen molar-refractivity contribution in [2.45, 2.75) is 27.7 Å². The Morgan fingerprint density at radius 1 is 0.500 bits per heavy atom. The zero-order valence-corrected chi connectivity index (χ0v) is 28.9. The van der Waals surface area contributed by atoms with Gasteiger partial charge in [-0.05, 0) is 108 Å². The molecule has 0 aliphatic heterocycles. The van der Waals surface area contributed by atoms with E-state index in [0.717, 1.165) is 17.7 Å². The summed E-state index contributed by atoms with van der Waals surface area (Å²) in [4.78, 5) is 53.0. The van der Waals surface area contributed by atoms with E-state index in [1.165, 1.54) is 55.5 Å². The highest BCUT2D eigenvalue weighted by Crippen LogP contribution is 2.32. The molecule has 0 aromatic heterocycles. The van der Waals surface area contributed by atoms with Crippen molar-refractivity contribution in [2.75, 3.05) is 0 Å². The lowest BCUT2D eigenvalue weighted by atomic mass is 10.2. The summed E-state index contributed by atoms with van der Waals surface area (Å²) in [5.41, 5.74) is 3.11. The zero-order valence-electron chi connectivity index (χ0n) is 25.1. The number of nitrogens with zero attached hydrogens (tertiary/aromatic N) is 4. The van der Waals surface area contributed by atoms with E-state index in [1.54, 1.807) is 26.8 Å². The van der Waals surface area contributed by atoms with Crippen LogP contribution in [0.5, 0.6) is 0 Å². The van der Waals surface area contributed by atoms with Gasteiger partial charge in [-0.3, -0.25) is 0 Å². The van der Waals surface area contributed by atoms with Crippen LogP contribution < -0.4 is 0 Å². The van der Waals surface area contributed by atoms with Crippen molar-refractivity contribution in [2.24, 2.45) is 20.0 Å². The summed E-state index contributed by atoms with van der Waals surface area (Å²) in [6.45, 7) is 6.52. The first-order valence-electron chi connectivity index (χ1n) is 12.7. The minimum Gasteiger partial charge on any atom is -0.211 e. The lowest BCUT2D eigenvalue weighted by Gasteiger charge is -2.00. The predicted molar refractivity (Wildman–Crippen MR) is 178 cm³/mol. The molecule has 0 atom stereocenters. The summed E-state index contributed by atoms with van der Waals surface area (Å²) >= 11 is 20.1. The number of hydrogen-bond donors (Lipinski definition) is 0. The van der Waals surface area contributed by atoms with Crippen LogP contribution in [0, 0.1) is 51.0 Å². The van der Waals surface area contributed by atoms with Crippen molar-refractivity contribution >= 4 is 97.8 Å². The van der Waals surface area contributed by atoms with Crippen molar-refractivity contribution in [1.82, 2.24) is 0 Å². The minimum absolute atomic E-state index is 0.121. The van der Waals surface area contributed by atoms with Gasteiger partial charge in [0.1, 0.15) is 23.1 Å². The molecule has 0 radical (unpaired) electrons. The Kier molecular flexibility index (Phi) is 17.9. The number of carbonyl (C=O) groups excluding carboxylic acids is 4. The van der Waals surface area contributed by atoms with Crippen molar-refractivity contribution in [3.05, 3.63) is 114 Å². The van der Waals surface area contributed by atoms with E-state index in [9.17, 15) is 36.7 Å². The van der Waals surface area contributed by atoms with Gasteiger partial charge in [0.05, 0.1) is 27.1 Å². The number of aliphatic imine (C=N–C) groups is 4. The maximum Gasteiger partial charge on any atom is 0.240 e. The maximum atomic E-state index is 12.8. The molecule has 248 valence electrons. The molecular formula is C32H20BrCl3F4N4O4. The molecule has 0 amide bonds. The van der Waals surface area contributed by atoms with E-state index in [1.807, 2.05) is 0 Å². The lowest BCUT2D eigenvalue weighted by molar-refractivity contribution is 0.562. The third kappa shape index (κ3) is 13.3. The Bertz CT molecular complexity index is 1630. The Morgan fingerprint density at radius 3 is 1.27 bits per heavy atom. The van der Waals surface area contributed by atoms with Crippen LogP contribution in [0.15, 0.2) is 73.0 Å². The Morgan fingerprint density at radius 2 is 0.854 bits per heavy atom. The number of isocyanates is 4. The van der Waals surface area contributed by atoms with E-state index >= 15 is 0 Å². The lowest BCUT2D eigenvalue weighted by Crippen LogP contribution is -1.84. The van der Waals surface area contributed by atoms with Gasteiger partial charge in [-0.2, -0.15) is 20.0 Å². The highest BCUT2D eigenvalue weighted by molar-refractivity contribution is 9.10. The van der Waals surface area contributed by atoms with Gasteiger partial charge in [0.25, 0.3) is 0 Å². The summed E-state index contributed by atoms with van der Waals surface area (Å²) in [5.74, 6) is -2.34. The van der Waals surface area contributed by atoms with E-state index in [2.05, 4.69) is 35.9 Å². The van der Waals surface area contributed by atoms with Gasteiger partial charge in [-0.1, -0.05) is 34.8 Å². The molecule has 0 N–H and O–H groups in total. The van der Waals surface area contributed by atoms with E-state index in [0.29, 0.717) is 43.1 Å². The number of benzene rings is 4. The van der Waals surface area contributed by atoms with Crippen molar-refractivity contribution < 1.29 is 36.7 Å². The first-order valence-corrected chi connectivity index (χ1v) is 14.7. The molecule has 0 spiro atoms. The van der Waals surface area contributed by atoms with E-state index < -0.39 is 17.5 Å². The second-order valence-electron chi connectivity index (χ2n) is 9.02. The third-order valence-corrected chi connectivity index (χ3v) is 6.90. The largest absolute Gasteiger partial charge is 0.240 e. The van der Waals surface area contributed by atoms with E-state index in [-0.39, 0.29) is 27.8 Å². The highest BCUT2D eigenvalue weighted by atomic mass is 79.9. The molecule has 0 heterocycles. The van der Waals surface area contributed by atoms with Crippen LogP contribution >= 0.6 is 50.7 Å². The molecule has 0 saturated heterocycles. The Labute approximate surface area is 294 Å². The summed E-state index contributed by atoms with van der Waals surface area (Å²) in [6, 6.07) is 9.90. The first kappa shape index (κ1) is 41.5. The molecule has 0 aliphatic carbocycles. The number of rotatable bonds is 4. The topological polar surface area (TPSA) is 118 Å².